The summed E-state index contributed by atoms with van der Waals surface area (Å²) in [4.78, 5) is 6.58. The molecular formula is C17H22N2S. The molecule has 0 saturated carbocycles. The monoisotopic (exact) mass is 286 g/mol. The second-order valence-electron chi connectivity index (χ2n) is 5.53. The summed E-state index contributed by atoms with van der Waals surface area (Å²) in [5.74, 6) is 1.16. The van der Waals surface area contributed by atoms with E-state index in [9.17, 15) is 0 Å². The van der Waals surface area contributed by atoms with Crippen LogP contribution in [0.25, 0.3) is 0 Å². The molecule has 2 aliphatic heterocycles. The molecule has 0 amide bonds. The van der Waals surface area contributed by atoms with Crippen LogP contribution in [0.15, 0.2) is 53.0 Å². The largest absolute Gasteiger partial charge is 0.369 e. The van der Waals surface area contributed by atoms with E-state index in [0.717, 1.165) is 38.5 Å². The lowest BCUT2D eigenvalue weighted by atomic mass is 10.2. The molecule has 3 heteroatoms. The molecule has 3 rings (SSSR count). The van der Waals surface area contributed by atoms with Crippen molar-refractivity contribution in [3.63, 3.8) is 0 Å². The number of hydrogen-bond donors (Lipinski definition) is 0. The highest BCUT2D eigenvalue weighted by atomic mass is 32.2. The first-order chi connectivity index (χ1) is 9.81. The van der Waals surface area contributed by atoms with E-state index in [0.29, 0.717) is 0 Å². The van der Waals surface area contributed by atoms with E-state index in [1.165, 1.54) is 16.2 Å². The lowest BCUT2D eigenvalue weighted by molar-refractivity contribution is 0.282. The van der Waals surface area contributed by atoms with Crippen molar-refractivity contribution in [1.82, 2.24) is 4.90 Å². The minimum atomic E-state index is 1.12. The summed E-state index contributed by atoms with van der Waals surface area (Å²) in [6.45, 7) is 7.93. The molecule has 2 nitrogen and oxygen atoms in total. The van der Waals surface area contributed by atoms with Gasteiger partial charge in [-0.2, -0.15) is 0 Å². The first kappa shape index (κ1) is 13.8. The van der Waals surface area contributed by atoms with E-state index in [1.807, 2.05) is 11.8 Å². The van der Waals surface area contributed by atoms with Gasteiger partial charge in [-0.3, -0.25) is 4.90 Å². The Kier molecular flexibility index (Phi) is 4.48. The van der Waals surface area contributed by atoms with Crippen LogP contribution >= 0.6 is 11.8 Å². The predicted molar refractivity (Wildman–Crippen MR) is 89.4 cm³/mol. The highest BCUT2D eigenvalue weighted by Gasteiger charge is 2.18. The minimum absolute atomic E-state index is 1.12. The van der Waals surface area contributed by atoms with Gasteiger partial charge in [-0.25, -0.2) is 0 Å². The Morgan fingerprint density at radius 1 is 1.00 bits per heavy atom. The van der Waals surface area contributed by atoms with Crippen molar-refractivity contribution in [3.8, 4) is 0 Å². The fourth-order valence-electron chi connectivity index (χ4n) is 2.66. The number of thioether (sulfide) groups is 1. The molecule has 20 heavy (non-hydrogen) atoms. The first-order valence-corrected chi connectivity index (χ1v) is 8.31. The van der Waals surface area contributed by atoms with Crippen LogP contribution in [-0.4, -0.2) is 43.4 Å². The van der Waals surface area contributed by atoms with Gasteiger partial charge in [-0.05, 0) is 24.0 Å². The third kappa shape index (κ3) is 3.47. The van der Waals surface area contributed by atoms with Gasteiger partial charge in [0.25, 0.3) is 0 Å². The smallest absolute Gasteiger partial charge is 0.0367 e. The van der Waals surface area contributed by atoms with Crippen LogP contribution in [0.3, 0.4) is 0 Å². The van der Waals surface area contributed by atoms with Crippen LogP contribution in [-0.2, 0) is 0 Å². The number of anilines is 1. The van der Waals surface area contributed by atoms with E-state index < -0.39 is 0 Å². The fourth-order valence-corrected chi connectivity index (χ4v) is 3.61. The molecule has 0 bridgehead atoms. The lowest BCUT2D eigenvalue weighted by Gasteiger charge is -2.36. The summed E-state index contributed by atoms with van der Waals surface area (Å²) in [5.41, 5.74) is 2.84. The quantitative estimate of drug-likeness (QED) is 0.841. The third-order valence-electron chi connectivity index (χ3n) is 3.91. The maximum Gasteiger partial charge on any atom is 0.0367 e. The average Bonchev–Trinajstić information content (AvgIpc) is 2.51. The Bertz CT molecular complexity index is 499. The van der Waals surface area contributed by atoms with Crippen molar-refractivity contribution in [2.45, 2.75) is 6.92 Å². The normalized spacial score (nSPS) is 20.6. The molecule has 0 N–H and O–H groups in total. The molecule has 1 aromatic rings. The van der Waals surface area contributed by atoms with Gasteiger partial charge in [0.15, 0.2) is 0 Å². The summed E-state index contributed by atoms with van der Waals surface area (Å²) < 4.78 is 0. The zero-order chi connectivity index (χ0) is 13.8. The molecule has 2 heterocycles. The van der Waals surface area contributed by atoms with Crippen LogP contribution in [0.1, 0.15) is 6.92 Å². The SMILES string of the molecule is CC1=CC=C(CN2CCN(c3ccccc3)CC2)SC1. The van der Waals surface area contributed by atoms with Gasteiger partial charge in [0.05, 0.1) is 0 Å². The zero-order valence-corrected chi connectivity index (χ0v) is 12.9. The fraction of sp³-hybridized carbons (Fsp3) is 0.412. The van der Waals surface area contributed by atoms with Gasteiger partial charge in [0, 0.05) is 44.2 Å². The van der Waals surface area contributed by atoms with Crippen molar-refractivity contribution in [2.24, 2.45) is 0 Å². The summed E-state index contributed by atoms with van der Waals surface area (Å²) >= 11 is 2.00. The van der Waals surface area contributed by atoms with E-state index in [4.69, 9.17) is 0 Å². The molecule has 106 valence electrons. The standard InChI is InChI=1S/C17H22N2S/c1-15-7-8-17(20-14-15)13-18-9-11-19(12-10-18)16-5-3-2-4-6-16/h2-8H,9-14H2,1H3. The Morgan fingerprint density at radius 2 is 1.75 bits per heavy atom. The second kappa shape index (κ2) is 6.51. The van der Waals surface area contributed by atoms with E-state index >= 15 is 0 Å². The number of benzene rings is 1. The number of allylic oxidation sites excluding steroid dienone is 2. The molecule has 2 aliphatic rings. The topological polar surface area (TPSA) is 6.48 Å². The number of piperazine rings is 1. The van der Waals surface area contributed by atoms with Crippen molar-refractivity contribution >= 4 is 17.4 Å². The Labute approximate surface area is 126 Å². The molecular weight excluding hydrogens is 264 g/mol. The molecule has 0 unspecified atom stereocenters. The Hall–Kier alpha value is -1.19. The summed E-state index contributed by atoms with van der Waals surface area (Å²) in [7, 11) is 0. The molecule has 0 atom stereocenters. The zero-order valence-electron chi connectivity index (χ0n) is 12.1. The highest BCUT2D eigenvalue weighted by Crippen LogP contribution is 2.25. The average molecular weight is 286 g/mol. The van der Waals surface area contributed by atoms with Gasteiger partial charge in [-0.1, -0.05) is 35.9 Å². The maximum absolute atomic E-state index is 2.58. The van der Waals surface area contributed by atoms with Crippen LogP contribution < -0.4 is 4.90 Å². The summed E-state index contributed by atoms with van der Waals surface area (Å²) in [6, 6.07) is 10.8. The van der Waals surface area contributed by atoms with E-state index in [-0.39, 0.29) is 0 Å². The Morgan fingerprint density at radius 3 is 2.40 bits per heavy atom. The number of hydrogen-bond acceptors (Lipinski definition) is 3. The molecule has 0 radical (unpaired) electrons. The van der Waals surface area contributed by atoms with Crippen LogP contribution in [0, 0.1) is 0 Å². The third-order valence-corrected chi connectivity index (χ3v) is 5.15. The van der Waals surface area contributed by atoms with Gasteiger partial charge < -0.3 is 4.90 Å². The summed E-state index contributed by atoms with van der Waals surface area (Å²) in [5, 5.41) is 0. The van der Waals surface area contributed by atoms with Gasteiger partial charge >= 0.3 is 0 Å². The van der Waals surface area contributed by atoms with Crippen LogP contribution in [0.5, 0.6) is 0 Å². The molecule has 0 aliphatic carbocycles. The van der Waals surface area contributed by atoms with Crippen LogP contribution in [0.4, 0.5) is 5.69 Å². The minimum Gasteiger partial charge on any atom is -0.369 e. The molecule has 1 fully saturated rings. The van der Waals surface area contributed by atoms with E-state index in [1.54, 1.807) is 0 Å². The molecule has 1 saturated heterocycles. The lowest BCUT2D eigenvalue weighted by Crippen LogP contribution is -2.46. The maximum atomic E-state index is 2.58. The predicted octanol–water partition coefficient (Wildman–Crippen LogP) is 3.39. The number of nitrogens with zero attached hydrogens (tertiary/aromatic N) is 2. The van der Waals surface area contributed by atoms with Crippen molar-refractivity contribution in [1.29, 1.82) is 0 Å². The Balaban J connectivity index is 1.52. The molecule has 1 aromatic carbocycles. The molecule has 0 aromatic heterocycles. The second-order valence-corrected chi connectivity index (χ2v) is 6.64. The number of para-hydroxylation sites is 1. The van der Waals surface area contributed by atoms with E-state index in [2.05, 4.69) is 59.2 Å². The van der Waals surface area contributed by atoms with Crippen LogP contribution in [0.2, 0.25) is 0 Å². The van der Waals surface area contributed by atoms with Gasteiger partial charge in [0.2, 0.25) is 0 Å². The number of rotatable bonds is 3. The first-order valence-electron chi connectivity index (χ1n) is 7.33. The summed E-state index contributed by atoms with van der Waals surface area (Å²) in [6.07, 6.45) is 4.57. The highest BCUT2D eigenvalue weighted by molar-refractivity contribution is 8.03. The van der Waals surface area contributed by atoms with Gasteiger partial charge in [0.1, 0.15) is 0 Å². The van der Waals surface area contributed by atoms with Crippen molar-refractivity contribution < 1.29 is 0 Å². The van der Waals surface area contributed by atoms with Crippen molar-refractivity contribution in [3.05, 3.63) is 53.0 Å². The molecule has 0 spiro atoms. The van der Waals surface area contributed by atoms with Crippen molar-refractivity contribution in [2.75, 3.05) is 43.4 Å². The van der Waals surface area contributed by atoms with Gasteiger partial charge in [-0.15, -0.1) is 11.8 Å².